The molecule has 0 radical (unpaired) electrons. The average molecular weight is 408 g/mol. The van der Waals surface area contributed by atoms with E-state index in [0.29, 0.717) is 36.1 Å². The van der Waals surface area contributed by atoms with E-state index in [2.05, 4.69) is 10.2 Å². The molecule has 1 aromatic heterocycles. The van der Waals surface area contributed by atoms with Gasteiger partial charge in [0.05, 0.1) is 10.9 Å². The molecule has 0 saturated carbocycles. The van der Waals surface area contributed by atoms with Crippen LogP contribution < -0.4 is 5.73 Å². The van der Waals surface area contributed by atoms with E-state index < -0.39 is 0 Å². The number of aromatic nitrogens is 3. The van der Waals surface area contributed by atoms with E-state index in [9.17, 15) is 9.59 Å². The van der Waals surface area contributed by atoms with E-state index in [-0.39, 0.29) is 23.0 Å². The highest BCUT2D eigenvalue weighted by Crippen LogP contribution is 2.28. The van der Waals surface area contributed by atoms with Gasteiger partial charge in [0.2, 0.25) is 11.8 Å². The lowest BCUT2D eigenvalue weighted by molar-refractivity contribution is -0.134. The number of halogens is 1. The van der Waals surface area contributed by atoms with Crippen molar-refractivity contribution in [1.29, 1.82) is 0 Å². The lowest BCUT2D eigenvalue weighted by atomic mass is 9.96. The van der Waals surface area contributed by atoms with E-state index in [0.717, 1.165) is 11.3 Å². The number of primary amides is 1. The molecule has 1 unspecified atom stereocenters. The Morgan fingerprint density at radius 1 is 1.33 bits per heavy atom. The number of thioether (sulfide) groups is 1. The Morgan fingerprint density at radius 3 is 2.67 bits per heavy atom. The number of piperidine rings is 1. The third-order valence-corrected chi connectivity index (χ3v) is 6.24. The zero-order chi connectivity index (χ0) is 19.6. The van der Waals surface area contributed by atoms with Gasteiger partial charge in [-0.25, -0.2) is 0 Å². The molecular formula is C18H22ClN5O2S. The van der Waals surface area contributed by atoms with Crippen molar-refractivity contribution in [2.24, 2.45) is 11.7 Å². The highest BCUT2D eigenvalue weighted by molar-refractivity contribution is 8.00. The Morgan fingerprint density at radius 2 is 2.04 bits per heavy atom. The van der Waals surface area contributed by atoms with Crippen LogP contribution in [0.4, 0.5) is 0 Å². The van der Waals surface area contributed by atoms with Gasteiger partial charge in [-0.3, -0.25) is 14.2 Å². The Labute approximate surface area is 167 Å². The summed E-state index contributed by atoms with van der Waals surface area (Å²) in [5.74, 6) is -0.389. The molecule has 2 N–H and O–H groups in total. The molecule has 1 saturated heterocycles. The maximum absolute atomic E-state index is 12.8. The molecular weight excluding hydrogens is 386 g/mol. The highest BCUT2D eigenvalue weighted by Gasteiger charge is 2.29. The summed E-state index contributed by atoms with van der Waals surface area (Å²) >= 11 is 7.57. The maximum atomic E-state index is 12.8. The van der Waals surface area contributed by atoms with Crippen LogP contribution in [-0.4, -0.2) is 49.8 Å². The first kappa shape index (κ1) is 19.7. The second kappa shape index (κ2) is 8.31. The minimum Gasteiger partial charge on any atom is -0.369 e. The average Bonchev–Trinajstić information content (AvgIpc) is 3.11. The second-order valence-corrected chi connectivity index (χ2v) is 8.39. The van der Waals surface area contributed by atoms with Crippen molar-refractivity contribution < 1.29 is 9.59 Å². The number of rotatable bonds is 5. The number of carbonyl (C=O) groups is 2. The molecule has 3 rings (SSSR count). The van der Waals surface area contributed by atoms with Gasteiger partial charge in [-0.05, 0) is 44.4 Å². The molecule has 2 heterocycles. The molecule has 2 amide bonds. The quantitative estimate of drug-likeness (QED) is 0.768. The Bertz CT molecular complexity index is 848. The van der Waals surface area contributed by atoms with Gasteiger partial charge in [0.25, 0.3) is 0 Å². The van der Waals surface area contributed by atoms with Crippen LogP contribution in [0, 0.1) is 12.8 Å². The molecule has 1 aliphatic heterocycles. The van der Waals surface area contributed by atoms with E-state index in [1.165, 1.54) is 11.8 Å². The predicted octanol–water partition coefficient (Wildman–Crippen LogP) is 2.43. The fourth-order valence-electron chi connectivity index (χ4n) is 3.06. The van der Waals surface area contributed by atoms with Gasteiger partial charge in [-0.15, -0.1) is 10.2 Å². The van der Waals surface area contributed by atoms with Gasteiger partial charge >= 0.3 is 0 Å². The summed E-state index contributed by atoms with van der Waals surface area (Å²) in [4.78, 5) is 25.8. The minimum atomic E-state index is -0.320. The van der Waals surface area contributed by atoms with Gasteiger partial charge < -0.3 is 10.6 Å². The number of nitrogens with zero attached hydrogens (tertiary/aromatic N) is 4. The van der Waals surface area contributed by atoms with Crippen LogP contribution >= 0.6 is 23.4 Å². The normalized spacial score (nSPS) is 16.3. The number of hydrogen-bond acceptors (Lipinski definition) is 5. The van der Waals surface area contributed by atoms with Crippen LogP contribution in [0.1, 0.15) is 25.3 Å². The highest BCUT2D eigenvalue weighted by atomic mass is 35.5. The van der Waals surface area contributed by atoms with Crippen molar-refractivity contribution in [2.75, 3.05) is 13.1 Å². The molecule has 9 heteroatoms. The molecule has 1 fully saturated rings. The first-order chi connectivity index (χ1) is 12.9. The van der Waals surface area contributed by atoms with Crippen molar-refractivity contribution in [3.8, 4) is 5.69 Å². The topological polar surface area (TPSA) is 94.1 Å². The molecule has 0 bridgehead atoms. The summed E-state index contributed by atoms with van der Waals surface area (Å²) in [6, 6.07) is 5.73. The molecule has 27 heavy (non-hydrogen) atoms. The monoisotopic (exact) mass is 407 g/mol. The van der Waals surface area contributed by atoms with Gasteiger partial charge in [0, 0.05) is 24.0 Å². The zero-order valence-corrected chi connectivity index (χ0v) is 16.8. The first-order valence-electron chi connectivity index (χ1n) is 8.78. The van der Waals surface area contributed by atoms with Crippen molar-refractivity contribution in [1.82, 2.24) is 19.7 Å². The Kier molecular flexibility index (Phi) is 6.06. The number of amides is 2. The molecule has 1 atom stereocenters. The van der Waals surface area contributed by atoms with E-state index in [1.807, 2.05) is 36.6 Å². The molecule has 2 aromatic rings. The summed E-state index contributed by atoms with van der Waals surface area (Å²) in [5.41, 5.74) is 7.20. The van der Waals surface area contributed by atoms with Gasteiger partial charge in [-0.2, -0.15) is 0 Å². The summed E-state index contributed by atoms with van der Waals surface area (Å²) in [6.45, 7) is 4.90. The summed E-state index contributed by atoms with van der Waals surface area (Å²) < 4.78 is 1.82. The predicted molar refractivity (Wildman–Crippen MR) is 105 cm³/mol. The molecule has 0 spiro atoms. The fourth-order valence-corrected chi connectivity index (χ4v) is 4.16. The van der Waals surface area contributed by atoms with Crippen molar-refractivity contribution >= 4 is 35.2 Å². The molecule has 1 aliphatic rings. The van der Waals surface area contributed by atoms with Crippen molar-refractivity contribution in [3.63, 3.8) is 0 Å². The first-order valence-corrected chi connectivity index (χ1v) is 10.0. The number of nitrogens with two attached hydrogens (primary N) is 1. The number of likely N-dealkylation sites (tertiary alicyclic amines) is 1. The number of benzene rings is 1. The number of carbonyl (C=O) groups excluding carboxylic acids is 2. The van der Waals surface area contributed by atoms with E-state index in [4.69, 9.17) is 17.3 Å². The second-order valence-electron chi connectivity index (χ2n) is 6.68. The third-order valence-electron chi connectivity index (χ3n) is 4.79. The van der Waals surface area contributed by atoms with Crippen LogP contribution in [0.15, 0.2) is 29.7 Å². The van der Waals surface area contributed by atoms with Crippen LogP contribution in [0.25, 0.3) is 5.69 Å². The molecule has 1 aromatic carbocycles. The Balaban J connectivity index is 1.67. The van der Waals surface area contributed by atoms with Gasteiger partial charge in [-0.1, -0.05) is 29.4 Å². The third kappa shape index (κ3) is 4.44. The minimum absolute atomic E-state index is 0.0272. The SMILES string of the molecule is Cc1ccc(-n2cnnc2SC(C)C(=O)N2CCC(C(N)=O)CC2)cc1Cl. The van der Waals surface area contributed by atoms with Crippen LogP contribution in [0.5, 0.6) is 0 Å². The van der Waals surface area contributed by atoms with Gasteiger partial charge in [0.15, 0.2) is 5.16 Å². The number of aryl methyl sites for hydroxylation is 1. The summed E-state index contributed by atoms with van der Waals surface area (Å²) in [7, 11) is 0. The number of hydrogen-bond donors (Lipinski definition) is 1. The van der Waals surface area contributed by atoms with Crippen LogP contribution in [0.2, 0.25) is 5.02 Å². The fraction of sp³-hybridized carbons (Fsp3) is 0.444. The van der Waals surface area contributed by atoms with Crippen molar-refractivity contribution in [2.45, 2.75) is 37.1 Å². The van der Waals surface area contributed by atoms with E-state index >= 15 is 0 Å². The van der Waals surface area contributed by atoms with E-state index in [1.54, 1.807) is 11.2 Å². The summed E-state index contributed by atoms with van der Waals surface area (Å²) in [6.07, 6.45) is 2.85. The summed E-state index contributed by atoms with van der Waals surface area (Å²) in [5, 5.41) is 9.10. The zero-order valence-electron chi connectivity index (χ0n) is 15.3. The smallest absolute Gasteiger partial charge is 0.235 e. The largest absolute Gasteiger partial charge is 0.369 e. The van der Waals surface area contributed by atoms with Gasteiger partial charge in [0.1, 0.15) is 6.33 Å². The standard InChI is InChI=1S/C18H22ClN5O2S/c1-11-3-4-14(9-15(11)19)24-10-21-22-18(24)27-12(2)17(26)23-7-5-13(6-8-23)16(20)25/h3-4,9-10,12-13H,5-8H2,1-2H3,(H2,20,25). The molecule has 7 nitrogen and oxygen atoms in total. The van der Waals surface area contributed by atoms with Crippen LogP contribution in [-0.2, 0) is 9.59 Å². The molecule has 144 valence electrons. The molecule has 0 aliphatic carbocycles. The maximum Gasteiger partial charge on any atom is 0.235 e. The lowest BCUT2D eigenvalue weighted by Gasteiger charge is -2.32. The lowest BCUT2D eigenvalue weighted by Crippen LogP contribution is -2.44. The van der Waals surface area contributed by atoms with Crippen molar-refractivity contribution in [3.05, 3.63) is 35.1 Å². The van der Waals surface area contributed by atoms with Crippen LogP contribution in [0.3, 0.4) is 0 Å². The Hall–Kier alpha value is -2.06.